The molecule has 3 heterocycles. The van der Waals surface area contributed by atoms with Gasteiger partial charge in [-0.3, -0.25) is 4.79 Å². The molecule has 1 aromatic heterocycles. The maximum atomic E-state index is 13.3. The number of carbonyl (C=O) groups excluding carboxylic acids is 1. The number of pyridine rings is 1. The van der Waals surface area contributed by atoms with Crippen LogP contribution in [0.4, 0.5) is 0 Å². The fourth-order valence-electron chi connectivity index (χ4n) is 5.34. The average molecular weight is 470 g/mol. The van der Waals surface area contributed by atoms with E-state index in [-0.39, 0.29) is 24.1 Å². The van der Waals surface area contributed by atoms with Crippen LogP contribution in [0, 0.1) is 0 Å². The molecule has 0 spiro atoms. The minimum Gasteiger partial charge on any atom is -0.481 e. The van der Waals surface area contributed by atoms with Crippen molar-refractivity contribution < 1.29 is 14.3 Å². The van der Waals surface area contributed by atoms with Crippen molar-refractivity contribution in [2.24, 2.45) is 0 Å². The lowest BCUT2D eigenvalue weighted by Crippen LogP contribution is -2.42. The highest BCUT2D eigenvalue weighted by Crippen LogP contribution is 2.39. The monoisotopic (exact) mass is 469 g/mol. The Bertz CT molecular complexity index is 990. The van der Waals surface area contributed by atoms with Gasteiger partial charge in [0, 0.05) is 42.5 Å². The largest absolute Gasteiger partial charge is 0.481 e. The first-order chi connectivity index (χ1) is 16.2. The Morgan fingerprint density at radius 3 is 2.79 bits per heavy atom. The van der Waals surface area contributed by atoms with Gasteiger partial charge in [-0.25, -0.2) is 4.98 Å². The molecule has 1 aliphatic carbocycles. The number of carbonyl (C=O) groups is 1. The van der Waals surface area contributed by atoms with Crippen LogP contribution in [0.15, 0.2) is 36.5 Å². The van der Waals surface area contributed by atoms with Crippen molar-refractivity contribution in [3.8, 4) is 5.88 Å². The number of ether oxygens (including phenoxy) is 2. The van der Waals surface area contributed by atoms with Crippen LogP contribution in [0.3, 0.4) is 0 Å². The van der Waals surface area contributed by atoms with Crippen LogP contribution >= 0.6 is 11.6 Å². The zero-order valence-corrected chi connectivity index (χ0v) is 19.9. The van der Waals surface area contributed by atoms with Gasteiger partial charge >= 0.3 is 0 Å². The SMILES string of the molecule is COc1ncc(C2CCC2)cc1CNC1CCN(C(=O)[C@@H]2CCCO2)C1c1ccccc1Cl. The summed E-state index contributed by atoms with van der Waals surface area (Å²) in [7, 11) is 1.67. The predicted molar refractivity (Wildman–Crippen MR) is 128 cm³/mol. The summed E-state index contributed by atoms with van der Waals surface area (Å²) >= 11 is 6.62. The van der Waals surface area contributed by atoms with Gasteiger partial charge in [-0.2, -0.15) is 0 Å². The van der Waals surface area contributed by atoms with E-state index in [0.29, 0.717) is 36.5 Å². The number of likely N-dealkylation sites (tertiary alicyclic amines) is 1. The van der Waals surface area contributed by atoms with Gasteiger partial charge in [0.25, 0.3) is 5.91 Å². The average Bonchev–Trinajstić information content (AvgIpc) is 3.47. The van der Waals surface area contributed by atoms with Crippen LogP contribution in [0.25, 0.3) is 0 Å². The summed E-state index contributed by atoms with van der Waals surface area (Å²) in [6.45, 7) is 1.97. The lowest BCUT2D eigenvalue weighted by Gasteiger charge is -2.31. The molecule has 3 aliphatic rings. The smallest absolute Gasteiger partial charge is 0.252 e. The van der Waals surface area contributed by atoms with E-state index < -0.39 is 0 Å². The number of hydrogen-bond acceptors (Lipinski definition) is 5. The molecule has 1 amide bonds. The minimum atomic E-state index is -0.336. The molecule has 2 unspecified atom stereocenters. The standard InChI is InChI=1S/C26H32ClN3O3/c1-32-25-19(14-18(15-29-25)17-6-4-7-17)16-28-22-11-12-30(26(31)23-10-5-13-33-23)24(22)20-8-2-3-9-21(20)27/h2-3,8-9,14-15,17,22-24,28H,4-7,10-13,16H2,1H3/t22?,23-,24?/m0/s1. The van der Waals surface area contributed by atoms with Crippen LogP contribution in [-0.4, -0.2) is 48.2 Å². The zero-order valence-electron chi connectivity index (χ0n) is 19.1. The molecular weight excluding hydrogens is 438 g/mol. The Hall–Kier alpha value is -2.15. The van der Waals surface area contributed by atoms with Crippen LogP contribution < -0.4 is 10.1 Å². The highest BCUT2D eigenvalue weighted by Gasteiger charge is 2.42. The third kappa shape index (κ3) is 4.61. The van der Waals surface area contributed by atoms with Gasteiger partial charge in [-0.15, -0.1) is 0 Å². The highest BCUT2D eigenvalue weighted by atomic mass is 35.5. The van der Waals surface area contributed by atoms with E-state index in [0.717, 1.165) is 30.4 Å². The van der Waals surface area contributed by atoms with Crippen LogP contribution in [0.2, 0.25) is 5.02 Å². The van der Waals surface area contributed by atoms with Gasteiger partial charge in [0.2, 0.25) is 5.88 Å². The van der Waals surface area contributed by atoms with E-state index in [4.69, 9.17) is 21.1 Å². The number of amides is 1. The quantitative estimate of drug-likeness (QED) is 0.641. The second-order valence-corrected chi connectivity index (χ2v) is 9.75. The summed E-state index contributed by atoms with van der Waals surface area (Å²) in [5, 5.41) is 4.40. The molecule has 1 saturated carbocycles. The molecule has 176 valence electrons. The predicted octanol–water partition coefficient (Wildman–Crippen LogP) is 4.62. The first-order valence-electron chi connectivity index (χ1n) is 12.1. The summed E-state index contributed by atoms with van der Waals surface area (Å²) in [4.78, 5) is 19.9. The van der Waals surface area contributed by atoms with E-state index in [2.05, 4.69) is 16.4 Å². The number of nitrogens with one attached hydrogen (secondary N) is 1. The van der Waals surface area contributed by atoms with Gasteiger partial charge in [-0.1, -0.05) is 36.2 Å². The summed E-state index contributed by atoms with van der Waals surface area (Å²) in [6, 6.07) is 10.0. The normalized spacial score (nSPS) is 25.3. The maximum absolute atomic E-state index is 13.3. The second kappa shape index (κ2) is 10.00. The van der Waals surface area contributed by atoms with Gasteiger partial charge in [-0.05, 0) is 61.3 Å². The Labute approximate surface area is 200 Å². The van der Waals surface area contributed by atoms with Crippen LogP contribution in [0.1, 0.15) is 67.2 Å². The van der Waals surface area contributed by atoms with Crippen molar-refractivity contribution in [3.63, 3.8) is 0 Å². The van der Waals surface area contributed by atoms with Crippen molar-refractivity contribution in [2.45, 2.75) is 69.2 Å². The first kappa shape index (κ1) is 22.6. The number of nitrogens with zero attached hydrogens (tertiary/aromatic N) is 2. The highest BCUT2D eigenvalue weighted by molar-refractivity contribution is 6.31. The maximum Gasteiger partial charge on any atom is 0.252 e. The fraction of sp³-hybridized carbons (Fsp3) is 0.538. The van der Waals surface area contributed by atoms with Crippen molar-refractivity contribution in [2.75, 3.05) is 20.3 Å². The molecule has 3 atom stereocenters. The molecular formula is C26H32ClN3O3. The molecule has 2 saturated heterocycles. The molecule has 33 heavy (non-hydrogen) atoms. The Balaban J connectivity index is 1.37. The first-order valence-corrected chi connectivity index (χ1v) is 12.5. The molecule has 6 nitrogen and oxygen atoms in total. The number of hydrogen-bond donors (Lipinski definition) is 1. The summed E-state index contributed by atoms with van der Waals surface area (Å²) in [5.41, 5.74) is 3.33. The molecule has 7 heteroatoms. The van der Waals surface area contributed by atoms with Crippen LogP contribution in [-0.2, 0) is 16.1 Å². The topological polar surface area (TPSA) is 63.7 Å². The van der Waals surface area contributed by atoms with Crippen molar-refractivity contribution >= 4 is 17.5 Å². The third-order valence-corrected chi connectivity index (χ3v) is 7.73. The van der Waals surface area contributed by atoms with Gasteiger partial charge < -0.3 is 19.7 Å². The number of benzene rings is 1. The number of methoxy groups -OCH3 is 1. The van der Waals surface area contributed by atoms with Crippen molar-refractivity contribution in [1.29, 1.82) is 0 Å². The Morgan fingerprint density at radius 2 is 2.09 bits per heavy atom. The lowest BCUT2D eigenvalue weighted by atomic mass is 9.80. The van der Waals surface area contributed by atoms with Gasteiger partial charge in [0.1, 0.15) is 6.10 Å². The summed E-state index contributed by atoms with van der Waals surface area (Å²) in [6.07, 6.45) is 7.96. The van der Waals surface area contributed by atoms with Crippen molar-refractivity contribution in [3.05, 3.63) is 58.2 Å². The molecule has 1 aromatic carbocycles. The molecule has 2 aromatic rings. The van der Waals surface area contributed by atoms with Gasteiger partial charge in [0.15, 0.2) is 0 Å². The van der Waals surface area contributed by atoms with E-state index in [1.807, 2.05) is 35.4 Å². The summed E-state index contributed by atoms with van der Waals surface area (Å²) < 4.78 is 11.3. The summed E-state index contributed by atoms with van der Waals surface area (Å²) in [5.74, 6) is 1.35. The number of rotatable bonds is 7. The zero-order chi connectivity index (χ0) is 22.8. The lowest BCUT2D eigenvalue weighted by molar-refractivity contribution is -0.142. The van der Waals surface area contributed by atoms with E-state index >= 15 is 0 Å². The third-order valence-electron chi connectivity index (χ3n) is 7.38. The Morgan fingerprint density at radius 1 is 1.24 bits per heavy atom. The van der Waals surface area contributed by atoms with E-state index in [1.54, 1.807) is 7.11 Å². The van der Waals surface area contributed by atoms with E-state index in [1.165, 1.54) is 24.8 Å². The van der Waals surface area contributed by atoms with E-state index in [9.17, 15) is 4.79 Å². The molecule has 0 radical (unpaired) electrons. The van der Waals surface area contributed by atoms with Gasteiger partial charge in [0.05, 0.1) is 13.2 Å². The van der Waals surface area contributed by atoms with Crippen LogP contribution in [0.5, 0.6) is 5.88 Å². The second-order valence-electron chi connectivity index (χ2n) is 9.34. The molecule has 5 rings (SSSR count). The molecule has 3 fully saturated rings. The fourth-order valence-corrected chi connectivity index (χ4v) is 5.59. The molecule has 0 bridgehead atoms. The molecule has 1 N–H and O–H groups in total. The Kier molecular flexibility index (Phi) is 6.86. The number of halogens is 1. The minimum absolute atomic E-state index is 0.0762. The molecule has 2 aliphatic heterocycles. The van der Waals surface area contributed by atoms with Crippen molar-refractivity contribution in [1.82, 2.24) is 15.2 Å². The number of aromatic nitrogens is 1.